The van der Waals surface area contributed by atoms with Gasteiger partial charge in [-0.3, -0.25) is 9.36 Å². The number of methoxy groups -OCH3 is 1. The summed E-state index contributed by atoms with van der Waals surface area (Å²) in [5.74, 6) is 0.689. The molecule has 106 valence electrons. The van der Waals surface area contributed by atoms with Crippen molar-refractivity contribution in [2.24, 2.45) is 0 Å². The van der Waals surface area contributed by atoms with Gasteiger partial charge in [0.15, 0.2) is 11.0 Å². The molecule has 2 heterocycles. The van der Waals surface area contributed by atoms with Crippen molar-refractivity contribution < 1.29 is 14.6 Å². The fraction of sp³-hybridized carbons (Fsp3) is 0.417. The molecule has 0 spiro atoms. The van der Waals surface area contributed by atoms with Gasteiger partial charge in [-0.05, 0) is 24.3 Å². The molecule has 0 bridgehead atoms. The van der Waals surface area contributed by atoms with E-state index < -0.39 is 5.97 Å². The summed E-state index contributed by atoms with van der Waals surface area (Å²) in [6, 6.07) is 2.28. The van der Waals surface area contributed by atoms with E-state index in [1.165, 1.54) is 11.8 Å². The molecule has 1 fully saturated rings. The number of carbonyl (C=O) groups is 1. The molecule has 1 N–H and O–H groups in total. The molecule has 0 saturated heterocycles. The first kappa shape index (κ1) is 13.4. The van der Waals surface area contributed by atoms with E-state index in [-0.39, 0.29) is 5.75 Å². The topological polar surface area (TPSA) is 77.2 Å². The molecule has 2 aromatic rings. The van der Waals surface area contributed by atoms with Gasteiger partial charge in [0, 0.05) is 6.04 Å². The minimum Gasteiger partial charge on any atom is -0.495 e. The van der Waals surface area contributed by atoms with E-state index in [1.807, 2.05) is 16.0 Å². The normalized spacial score (nSPS) is 14.4. The molecule has 0 radical (unpaired) electrons. The Morgan fingerprint density at radius 2 is 2.40 bits per heavy atom. The summed E-state index contributed by atoms with van der Waals surface area (Å²) in [5, 5.41) is 19.8. The van der Waals surface area contributed by atoms with Crippen molar-refractivity contribution in [2.75, 3.05) is 12.9 Å². The van der Waals surface area contributed by atoms with Gasteiger partial charge in [-0.25, -0.2) is 0 Å². The lowest BCUT2D eigenvalue weighted by atomic mass is 10.4. The van der Waals surface area contributed by atoms with Crippen LogP contribution in [0.15, 0.2) is 16.6 Å². The summed E-state index contributed by atoms with van der Waals surface area (Å²) < 4.78 is 7.37. The maximum Gasteiger partial charge on any atom is 0.313 e. The number of aliphatic carboxylic acids is 1. The van der Waals surface area contributed by atoms with Crippen LogP contribution in [0.5, 0.6) is 5.75 Å². The number of hydrogen-bond donors (Lipinski definition) is 1. The van der Waals surface area contributed by atoms with Gasteiger partial charge in [0.1, 0.15) is 10.6 Å². The van der Waals surface area contributed by atoms with Crippen LogP contribution in [-0.2, 0) is 4.79 Å². The van der Waals surface area contributed by atoms with Gasteiger partial charge in [0.2, 0.25) is 0 Å². The van der Waals surface area contributed by atoms with E-state index in [0.717, 1.165) is 29.3 Å². The maximum atomic E-state index is 10.7. The number of carboxylic acids is 1. The Morgan fingerprint density at radius 1 is 1.60 bits per heavy atom. The fourth-order valence-electron chi connectivity index (χ4n) is 1.94. The predicted octanol–water partition coefficient (Wildman–Crippen LogP) is 2.53. The van der Waals surface area contributed by atoms with E-state index in [9.17, 15) is 4.79 Å². The number of nitrogens with zero attached hydrogens (tertiary/aromatic N) is 3. The summed E-state index contributed by atoms with van der Waals surface area (Å²) in [7, 11) is 1.63. The highest BCUT2D eigenvalue weighted by Gasteiger charge is 2.31. The van der Waals surface area contributed by atoms with Crippen LogP contribution in [0.25, 0.3) is 10.7 Å². The Bertz CT molecular complexity index is 634. The average Bonchev–Trinajstić information content (AvgIpc) is 3.02. The molecule has 6 nitrogen and oxygen atoms in total. The first-order valence-electron chi connectivity index (χ1n) is 6.12. The summed E-state index contributed by atoms with van der Waals surface area (Å²) >= 11 is 2.76. The van der Waals surface area contributed by atoms with Crippen LogP contribution >= 0.6 is 23.1 Å². The molecule has 1 aliphatic rings. The molecule has 1 aliphatic carbocycles. The monoisotopic (exact) mass is 311 g/mol. The number of ether oxygens (including phenoxy) is 1. The van der Waals surface area contributed by atoms with E-state index in [4.69, 9.17) is 9.84 Å². The minimum atomic E-state index is -0.851. The third kappa shape index (κ3) is 2.53. The molecular formula is C12H13N3O3S2. The fourth-order valence-corrected chi connectivity index (χ4v) is 3.51. The average molecular weight is 311 g/mol. The predicted molar refractivity (Wildman–Crippen MR) is 76.5 cm³/mol. The van der Waals surface area contributed by atoms with Crippen LogP contribution in [0, 0.1) is 0 Å². The molecule has 20 heavy (non-hydrogen) atoms. The van der Waals surface area contributed by atoms with Crippen LogP contribution in [0.3, 0.4) is 0 Å². The second kappa shape index (κ2) is 5.45. The Labute approximate surface area is 123 Å². The van der Waals surface area contributed by atoms with Gasteiger partial charge < -0.3 is 9.84 Å². The zero-order chi connectivity index (χ0) is 14.1. The molecule has 0 aromatic carbocycles. The molecule has 1 saturated carbocycles. The number of carboxylic acid groups (broad SMARTS) is 1. The summed E-state index contributed by atoms with van der Waals surface area (Å²) in [6.07, 6.45) is 2.17. The third-order valence-electron chi connectivity index (χ3n) is 2.95. The van der Waals surface area contributed by atoms with Crippen molar-refractivity contribution >= 4 is 29.1 Å². The quantitative estimate of drug-likeness (QED) is 0.826. The molecule has 8 heteroatoms. The van der Waals surface area contributed by atoms with Crippen molar-refractivity contribution in [3.05, 3.63) is 11.4 Å². The van der Waals surface area contributed by atoms with Crippen LogP contribution in [0.4, 0.5) is 0 Å². The van der Waals surface area contributed by atoms with E-state index in [2.05, 4.69) is 10.2 Å². The SMILES string of the molecule is COc1ccsc1-c1nnc(SCC(=O)O)n1C1CC1. The molecule has 0 aliphatic heterocycles. The van der Waals surface area contributed by atoms with Gasteiger partial charge >= 0.3 is 5.97 Å². The number of aromatic nitrogens is 3. The minimum absolute atomic E-state index is 0.00751. The first-order valence-corrected chi connectivity index (χ1v) is 7.98. The highest BCUT2D eigenvalue weighted by Crippen LogP contribution is 2.44. The Balaban J connectivity index is 1.97. The largest absolute Gasteiger partial charge is 0.495 e. The van der Waals surface area contributed by atoms with E-state index in [1.54, 1.807) is 18.4 Å². The number of rotatable bonds is 6. The van der Waals surface area contributed by atoms with Gasteiger partial charge in [-0.2, -0.15) is 0 Å². The van der Waals surface area contributed by atoms with Gasteiger partial charge in [0.05, 0.1) is 12.9 Å². The highest BCUT2D eigenvalue weighted by atomic mass is 32.2. The van der Waals surface area contributed by atoms with E-state index >= 15 is 0 Å². The van der Waals surface area contributed by atoms with E-state index in [0.29, 0.717) is 11.2 Å². The van der Waals surface area contributed by atoms with Gasteiger partial charge in [-0.1, -0.05) is 11.8 Å². The lowest BCUT2D eigenvalue weighted by Gasteiger charge is -2.08. The van der Waals surface area contributed by atoms with Crippen molar-refractivity contribution in [3.63, 3.8) is 0 Å². The van der Waals surface area contributed by atoms with Crippen molar-refractivity contribution in [3.8, 4) is 16.5 Å². The zero-order valence-corrected chi connectivity index (χ0v) is 12.4. The summed E-state index contributed by atoms with van der Waals surface area (Å²) in [6.45, 7) is 0. The number of hydrogen-bond acceptors (Lipinski definition) is 6. The summed E-state index contributed by atoms with van der Waals surface area (Å²) in [4.78, 5) is 11.6. The molecule has 2 aromatic heterocycles. The zero-order valence-electron chi connectivity index (χ0n) is 10.8. The van der Waals surface area contributed by atoms with Crippen LogP contribution in [-0.4, -0.2) is 38.7 Å². The molecular weight excluding hydrogens is 298 g/mol. The van der Waals surface area contributed by atoms with Crippen LogP contribution in [0.2, 0.25) is 0 Å². The second-order valence-corrected chi connectivity index (χ2v) is 6.27. The Morgan fingerprint density at radius 3 is 3.05 bits per heavy atom. The standard InChI is InChI=1S/C12H13N3O3S2/c1-18-8-4-5-19-10(8)11-13-14-12(20-6-9(16)17)15(11)7-2-3-7/h4-5,7H,2-3,6H2,1H3,(H,16,17). The molecule has 0 atom stereocenters. The van der Waals surface area contributed by atoms with Gasteiger partial charge in [-0.15, -0.1) is 21.5 Å². The maximum absolute atomic E-state index is 10.7. The third-order valence-corrected chi connectivity index (χ3v) is 4.77. The van der Waals surface area contributed by atoms with Crippen molar-refractivity contribution in [1.82, 2.24) is 14.8 Å². The Hall–Kier alpha value is -1.54. The van der Waals surface area contributed by atoms with Crippen molar-refractivity contribution in [1.29, 1.82) is 0 Å². The summed E-state index contributed by atoms with van der Waals surface area (Å²) in [5.41, 5.74) is 0. The van der Waals surface area contributed by atoms with Crippen molar-refractivity contribution in [2.45, 2.75) is 24.0 Å². The lowest BCUT2D eigenvalue weighted by Crippen LogP contribution is -2.03. The van der Waals surface area contributed by atoms with Crippen LogP contribution in [0.1, 0.15) is 18.9 Å². The Kier molecular flexibility index (Phi) is 3.66. The molecule has 0 unspecified atom stereocenters. The molecule has 0 amide bonds. The second-order valence-electron chi connectivity index (χ2n) is 4.41. The smallest absolute Gasteiger partial charge is 0.313 e. The highest BCUT2D eigenvalue weighted by molar-refractivity contribution is 7.99. The first-order chi connectivity index (χ1) is 9.70. The van der Waals surface area contributed by atoms with Gasteiger partial charge in [0.25, 0.3) is 0 Å². The van der Waals surface area contributed by atoms with Crippen LogP contribution < -0.4 is 4.74 Å². The molecule has 3 rings (SSSR count). The lowest BCUT2D eigenvalue weighted by molar-refractivity contribution is -0.133. The number of thioether (sulfide) groups is 1. The number of thiophene rings is 1.